The van der Waals surface area contributed by atoms with Gasteiger partial charge in [-0.25, -0.2) is 13.9 Å². The molecule has 0 aliphatic heterocycles. The number of carbonyl (C=O) groups is 1. The summed E-state index contributed by atoms with van der Waals surface area (Å²) in [4.78, 5) is 16.9. The van der Waals surface area contributed by atoms with Crippen molar-refractivity contribution in [2.45, 2.75) is 71.4 Å². The number of alkyl halides is 2. The van der Waals surface area contributed by atoms with Crippen LogP contribution in [0.1, 0.15) is 61.9 Å². The number of hydrogen-bond donors (Lipinski definition) is 0. The second kappa shape index (κ2) is 10.9. The van der Waals surface area contributed by atoms with Crippen LogP contribution in [0.25, 0.3) is 16.6 Å². The molecular formula is C30H30F3N3O4. The van der Waals surface area contributed by atoms with Crippen LogP contribution in [0.3, 0.4) is 0 Å². The van der Waals surface area contributed by atoms with Crippen molar-refractivity contribution in [1.82, 2.24) is 14.8 Å². The van der Waals surface area contributed by atoms with Crippen LogP contribution in [0.15, 0.2) is 54.9 Å². The molecule has 1 atom stereocenters. The molecule has 0 N–H and O–H groups in total. The predicted molar refractivity (Wildman–Crippen MR) is 142 cm³/mol. The Kier molecular flexibility index (Phi) is 7.55. The van der Waals surface area contributed by atoms with Crippen molar-refractivity contribution in [1.29, 1.82) is 0 Å². The van der Waals surface area contributed by atoms with Crippen LogP contribution in [0, 0.1) is 12.7 Å². The van der Waals surface area contributed by atoms with Crippen LogP contribution in [0.5, 0.6) is 5.75 Å². The molecule has 10 heteroatoms. The number of carbonyl (C=O) groups excluding carboxylic acids is 1. The predicted octanol–water partition coefficient (Wildman–Crippen LogP) is 6.62. The van der Waals surface area contributed by atoms with Gasteiger partial charge in [-0.1, -0.05) is 12.1 Å². The zero-order valence-corrected chi connectivity index (χ0v) is 22.7. The van der Waals surface area contributed by atoms with Gasteiger partial charge < -0.3 is 9.47 Å². The molecular weight excluding hydrogens is 523 g/mol. The summed E-state index contributed by atoms with van der Waals surface area (Å²) < 4.78 is 58.2. The molecule has 210 valence electrons. The second-order valence-corrected chi connectivity index (χ2v) is 10.8. The monoisotopic (exact) mass is 553 g/mol. The van der Waals surface area contributed by atoms with Crippen molar-refractivity contribution in [2.24, 2.45) is 0 Å². The normalized spacial score (nSPS) is 14.5. The third-order valence-electron chi connectivity index (χ3n) is 6.60. The largest absolute Gasteiger partial charge is 0.455 e. The molecule has 4 aromatic rings. The van der Waals surface area contributed by atoms with Crippen molar-refractivity contribution in [2.75, 3.05) is 0 Å². The molecule has 1 aliphatic carbocycles. The van der Waals surface area contributed by atoms with Gasteiger partial charge in [0.15, 0.2) is 0 Å². The van der Waals surface area contributed by atoms with Gasteiger partial charge in [-0.05, 0) is 94.0 Å². The summed E-state index contributed by atoms with van der Waals surface area (Å²) in [6.45, 7) is 3.23. The van der Waals surface area contributed by atoms with Gasteiger partial charge in [0.2, 0.25) is 0 Å². The third kappa shape index (κ3) is 6.12. The summed E-state index contributed by atoms with van der Waals surface area (Å²) in [5, 5.41) is 4.72. The smallest absolute Gasteiger partial charge is 0.377 e. The summed E-state index contributed by atoms with van der Waals surface area (Å²) in [6.07, 6.45) is 4.16. The zero-order chi connectivity index (χ0) is 28.6. The summed E-state index contributed by atoms with van der Waals surface area (Å²) >= 11 is 0. The summed E-state index contributed by atoms with van der Waals surface area (Å²) in [5.41, 5.74) is 3.58. The summed E-state index contributed by atoms with van der Waals surface area (Å²) in [5.74, 6) is -1.21. The Morgan fingerprint density at radius 1 is 1.10 bits per heavy atom. The number of fused-ring (bicyclic) bond motifs is 1. The van der Waals surface area contributed by atoms with E-state index < -0.39 is 30.3 Å². The highest BCUT2D eigenvalue weighted by Crippen LogP contribution is 2.40. The molecule has 1 fully saturated rings. The fraction of sp³-hybridized carbons (Fsp3) is 0.367. The van der Waals surface area contributed by atoms with Crippen molar-refractivity contribution in [3.63, 3.8) is 0 Å². The molecule has 0 bridgehead atoms. The van der Waals surface area contributed by atoms with Gasteiger partial charge in [-0.3, -0.25) is 9.72 Å². The molecule has 2 aromatic heterocycles. The Labute approximate surface area is 229 Å². The van der Waals surface area contributed by atoms with E-state index in [4.69, 9.17) is 9.47 Å². The van der Waals surface area contributed by atoms with E-state index in [1.54, 1.807) is 33.9 Å². The molecule has 1 aliphatic rings. The lowest BCUT2D eigenvalue weighted by Gasteiger charge is -2.25. The van der Waals surface area contributed by atoms with Crippen LogP contribution in [0.2, 0.25) is 0 Å². The third-order valence-corrected chi connectivity index (χ3v) is 6.60. The van der Waals surface area contributed by atoms with Crippen LogP contribution >= 0.6 is 0 Å². The molecule has 0 radical (unpaired) electrons. The molecule has 0 amide bonds. The minimum Gasteiger partial charge on any atom is -0.455 e. The van der Waals surface area contributed by atoms with Gasteiger partial charge in [0, 0.05) is 29.4 Å². The standard InChI is InChI=1S/C30H30F3N3O4/c1-17-20(15-18-5-9-21(10-6-18)36-23(13-14-35-36)19-7-8-19)16-34-26-22(31)11-12-24(25(17)26)38-28(39-29(32)33)27(37)40-30(2,3)4/h5-6,9-14,16,19,28-29H,7-8,15H2,1-4H3. The highest BCUT2D eigenvalue weighted by atomic mass is 19.3. The maximum atomic E-state index is 14.7. The van der Waals surface area contributed by atoms with E-state index in [9.17, 15) is 18.0 Å². The van der Waals surface area contributed by atoms with Crippen LogP contribution in [0.4, 0.5) is 13.2 Å². The number of pyridine rings is 1. The lowest BCUT2D eigenvalue weighted by atomic mass is 9.98. The maximum absolute atomic E-state index is 14.7. The van der Waals surface area contributed by atoms with Crippen LogP contribution in [-0.4, -0.2) is 39.2 Å². The lowest BCUT2D eigenvalue weighted by Crippen LogP contribution is -2.38. The maximum Gasteiger partial charge on any atom is 0.377 e. The minimum atomic E-state index is -3.30. The number of halogens is 3. The van der Waals surface area contributed by atoms with E-state index in [2.05, 4.69) is 14.8 Å². The number of rotatable bonds is 9. The first kappa shape index (κ1) is 27.6. The molecule has 2 aromatic carbocycles. The van der Waals surface area contributed by atoms with Gasteiger partial charge in [0.1, 0.15) is 22.7 Å². The number of hydrogen-bond acceptors (Lipinski definition) is 6. The highest BCUT2D eigenvalue weighted by Gasteiger charge is 2.32. The lowest BCUT2D eigenvalue weighted by molar-refractivity contribution is -0.235. The first-order valence-corrected chi connectivity index (χ1v) is 13.0. The second-order valence-electron chi connectivity index (χ2n) is 10.8. The fourth-order valence-electron chi connectivity index (χ4n) is 4.59. The van der Waals surface area contributed by atoms with Crippen molar-refractivity contribution in [3.05, 3.63) is 83.1 Å². The van der Waals surface area contributed by atoms with E-state index >= 15 is 0 Å². The van der Waals surface area contributed by atoms with Crippen LogP contribution in [-0.2, 0) is 20.7 Å². The highest BCUT2D eigenvalue weighted by molar-refractivity contribution is 5.90. The SMILES string of the molecule is Cc1c(Cc2ccc(-n3nccc3C3CC3)cc2)cnc2c(F)ccc(OC(OC(F)F)C(=O)OC(C)(C)C)c12. The Morgan fingerprint density at radius 2 is 1.82 bits per heavy atom. The van der Waals surface area contributed by atoms with Gasteiger partial charge in [0.25, 0.3) is 0 Å². The number of aryl methyl sites for hydroxylation is 1. The fourth-order valence-corrected chi connectivity index (χ4v) is 4.59. The zero-order valence-electron chi connectivity index (χ0n) is 22.7. The van der Waals surface area contributed by atoms with Gasteiger partial charge in [0.05, 0.1) is 5.69 Å². The number of esters is 1. The molecule has 0 spiro atoms. The van der Waals surface area contributed by atoms with Gasteiger partial charge >= 0.3 is 18.9 Å². The number of nitrogens with zero attached hydrogens (tertiary/aromatic N) is 3. The molecule has 7 nitrogen and oxygen atoms in total. The first-order valence-electron chi connectivity index (χ1n) is 13.0. The van der Waals surface area contributed by atoms with Crippen molar-refractivity contribution < 1.29 is 32.2 Å². The van der Waals surface area contributed by atoms with Crippen molar-refractivity contribution >= 4 is 16.9 Å². The Hall–Kier alpha value is -3.92. The van der Waals surface area contributed by atoms with Gasteiger partial charge in [-0.15, -0.1) is 0 Å². The average molecular weight is 554 g/mol. The van der Waals surface area contributed by atoms with Crippen LogP contribution < -0.4 is 4.74 Å². The quantitative estimate of drug-likeness (QED) is 0.171. The van der Waals surface area contributed by atoms with E-state index in [1.165, 1.54) is 24.6 Å². The summed E-state index contributed by atoms with van der Waals surface area (Å²) in [6, 6.07) is 12.4. The molecule has 1 unspecified atom stereocenters. The van der Waals surface area contributed by atoms with E-state index in [1.807, 2.05) is 41.2 Å². The molecule has 40 heavy (non-hydrogen) atoms. The van der Waals surface area contributed by atoms with Gasteiger partial charge in [-0.2, -0.15) is 13.9 Å². The minimum absolute atomic E-state index is 0.0135. The van der Waals surface area contributed by atoms with E-state index in [0.29, 0.717) is 17.9 Å². The van der Waals surface area contributed by atoms with E-state index in [0.717, 1.165) is 22.9 Å². The average Bonchev–Trinajstić information content (AvgIpc) is 3.62. The topological polar surface area (TPSA) is 75.5 Å². The molecule has 0 saturated heterocycles. The van der Waals surface area contributed by atoms with E-state index in [-0.39, 0.29) is 16.7 Å². The molecule has 2 heterocycles. The first-order chi connectivity index (χ1) is 19.0. The Balaban J connectivity index is 1.44. The Bertz CT molecular complexity index is 1530. The molecule has 1 saturated carbocycles. The number of benzene rings is 2. The van der Waals surface area contributed by atoms with Crippen molar-refractivity contribution in [3.8, 4) is 11.4 Å². The summed E-state index contributed by atoms with van der Waals surface area (Å²) in [7, 11) is 0. The Morgan fingerprint density at radius 3 is 2.48 bits per heavy atom. The number of aromatic nitrogens is 3. The molecule has 5 rings (SSSR count). The number of ether oxygens (including phenoxy) is 3.